The van der Waals surface area contributed by atoms with E-state index in [4.69, 9.17) is 0 Å². The Hall–Kier alpha value is -2.04. The van der Waals surface area contributed by atoms with Crippen molar-refractivity contribution in [2.24, 2.45) is 5.41 Å². The molecule has 5 nitrogen and oxygen atoms in total. The van der Waals surface area contributed by atoms with Gasteiger partial charge in [0.05, 0.1) is 5.41 Å². The van der Waals surface area contributed by atoms with Gasteiger partial charge in [0.1, 0.15) is 0 Å². The average molecular weight is 305 g/mol. The summed E-state index contributed by atoms with van der Waals surface area (Å²) in [6.07, 6.45) is -0.389. The molecule has 0 radical (unpaired) electrons. The second-order valence-corrected chi connectivity index (χ2v) is 7.07. The number of benzene rings is 1. The lowest BCUT2D eigenvalue weighted by atomic mass is 9.66. The van der Waals surface area contributed by atoms with Gasteiger partial charge in [-0.05, 0) is 23.8 Å². The van der Waals surface area contributed by atoms with Crippen LogP contribution in [0.3, 0.4) is 0 Å². The van der Waals surface area contributed by atoms with Gasteiger partial charge in [-0.2, -0.15) is 0 Å². The maximum Gasteiger partial charge on any atom is 0.407 e. The maximum atomic E-state index is 12.1. The van der Waals surface area contributed by atoms with Crippen molar-refractivity contribution >= 4 is 12.1 Å². The summed E-state index contributed by atoms with van der Waals surface area (Å²) in [6.45, 7) is 6.10. The van der Waals surface area contributed by atoms with Gasteiger partial charge in [-0.15, -0.1) is 0 Å². The zero-order valence-electron chi connectivity index (χ0n) is 13.2. The van der Waals surface area contributed by atoms with Gasteiger partial charge < -0.3 is 15.1 Å². The van der Waals surface area contributed by atoms with Crippen LogP contribution in [0, 0.1) is 5.41 Å². The molecule has 5 heteroatoms. The lowest BCUT2D eigenvalue weighted by Gasteiger charge is -2.48. The molecule has 0 spiro atoms. The highest BCUT2D eigenvalue weighted by Gasteiger charge is 2.50. The first kappa shape index (κ1) is 16.3. The number of likely N-dealkylation sites (tertiary alicyclic amines) is 1. The number of rotatable bonds is 2. The Balaban J connectivity index is 2.47. The smallest absolute Gasteiger partial charge is 0.407 e. The summed E-state index contributed by atoms with van der Waals surface area (Å²) in [5, 5.41) is 19.3. The average Bonchev–Trinajstić information content (AvgIpc) is 2.46. The number of carboxylic acid groups (broad SMARTS) is 2. The largest absolute Gasteiger partial charge is 0.481 e. The number of piperidine rings is 1. The number of hydrogen-bond donors (Lipinski definition) is 2. The van der Waals surface area contributed by atoms with E-state index in [0.29, 0.717) is 12.8 Å². The first-order valence-electron chi connectivity index (χ1n) is 7.47. The molecular weight excluding hydrogens is 282 g/mol. The quantitative estimate of drug-likeness (QED) is 0.879. The second-order valence-electron chi connectivity index (χ2n) is 7.07. The predicted molar refractivity (Wildman–Crippen MR) is 83.0 cm³/mol. The molecule has 1 saturated heterocycles. The third-order valence-electron chi connectivity index (χ3n) is 4.68. The zero-order chi connectivity index (χ0) is 16.5. The third kappa shape index (κ3) is 2.80. The third-order valence-corrected chi connectivity index (χ3v) is 4.68. The van der Waals surface area contributed by atoms with Crippen LogP contribution >= 0.6 is 0 Å². The van der Waals surface area contributed by atoms with Gasteiger partial charge >= 0.3 is 12.1 Å². The molecule has 1 fully saturated rings. The van der Waals surface area contributed by atoms with Gasteiger partial charge in [-0.1, -0.05) is 51.1 Å². The number of aliphatic carboxylic acids is 1. The Kier molecular flexibility index (Phi) is 4.18. The lowest BCUT2D eigenvalue weighted by Crippen LogP contribution is -2.58. The summed E-state index contributed by atoms with van der Waals surface area (Å²) in [6, 6.07) is 8.82. The molecule has 0 saturated carbocycles. The zero-order valence-corrected chi connectivity index (χ0v) is 13.2. The molecule has 0 aliphatic carbocycles. The fraction of sp³-hybridized carbons (Fsp3) is 0.529. The van der Waals surface area contributed by atoms with Crippen LogP contribution in [-0.4, -0.2) is 39.8 Å². The van der Waals surface area contributed by atoms with Crippen LogP contribution in [-0.2, 0) is 10.2 Å². The van der Waals surface area contributed by atoms with E-state index in [9.17, 15) is 19.8 Å². The SMILES string of the molecule is CC(C)(C)C1CC(C(=O)O)(c2ccccc2)CCN1C(=O)O. The maximum absolute atomic E-state index is 12.1. The van der Waals surface area contributed by atoms with Crippen LogP contribution in [0.25, 0.3) is 0 Å². The molecule has 22 heavy (non-hydrogen) atoms. The fourth-order valence-electron chi connectivity index (χ4n) is 3.35. The van der Waals surface area contributed by atoms with Crippen LogP contribution < -0.4 is 0 Å². The number of carbonyl (C=O) groups is 2. The number of hydrogen-bond acceptors (Lipinski definition) is 2. The molecule has 2 rings (SSSR count). The summed E-state index contributed by atoms with van der Waals surface area (Å²) in [5.74, 6) is -0.877. The second kappa shape index (κ2) is 5.63. The molecule has 0 aromatic heterocycles. The van der Waals surface area contributed by atoms with E-state index in [1.807, 2.05) is 51.1 Å². The predicted octanol–water partition coefficient (Wildman–Crippen LogP) is 3.20. The normalized spacial score (nSPS) is 25.8. The highest BCUT2D eigenvalue weighted by atomic mass is 16.4. The van der Waals surface area contributed by atoms with E-state index >= 15 is 0 Å². The van der Waals surface area contributed by atoms with Gasteiger partial charge in [-0.25, -0.2) is 4.79 Å². The van der Waals surface area contributed by atoms with Crippen molar-refractivity contribution in [3.05, 3.63) is 35.9 Å². The van der Waals surface area contributed by atoms with Crippen LogP contribution in [0.15, 0.2) is 30.3 Å². The summed E-state index contributed by atoms with van der Waals surface area (Å²) in [4.78, 5) is 25.0. The molecule has 2 atom stereocenters. The van der Waals surface area contributed by atoms with Crippen LogP contribution in [0.2, 0.25) is 0 Å². The summed E-state index contributed by atoms with van der Waals surface area (Å²) in [7, 11) is 0. The van der Waals surface area contributed by atoms with Gasteiger partial charge in [0.2, 0.25) is 0 Å². The summed E-state index contributed by atoms with van der Waals surface area (Å²) in [5.41, 5.74) is -0.596. The Morgan fingerprint density at radius 1 is 1.18 bits per heavy atom. The molecule has 2 N–H and O–H groups in total. The molecule has 1 aliphatic heterocycles. The van der Waals surface area contributed by atoms with Crippen molar-refractivity contribution in [1.82, 2.24) is 4.90 Å². The van der Waals surface area contributed by atoms with Crippen molar-refractivity contribution in [2.45, 2.75) is 45.1 Å². The van der Waals surface area contributed by atoms with Gasteiger partial charge in [0.25, 0.3) is 0 Å². The summed E-state index contributed by atoms with van der Waals surface area (Å²) >= 11 is 0. The number of amides is 1. The van der Waals surface area contributed by atoms with E-state index < -0.39 is 17.5 Å². The van der Waals surface area contributed by atoms with Crippen LogP contribution in [0.4, 0.5) is 4.79 Å². The minimum absolute atomic E-state index is 0.235. The van der Waals surface area contributed by atoms with Crippen molar-refractivity contribution in [1.29, 1.82) is 0 Å². The summed E-state index contributed by atoms with van der Waals surface area (Å²) < 4.78 is 0. The highest BCUT2D eigenvalue weighted by molar-refractivity contribution is 5.82. The van der Waals surface area contributed by atoms with Crippen LogP contribution in [0.5, 0.6) is 0 Å². The first-order chi connectivity index (χ1) is 10.2. The Labute approximate surface area is 130 Å². The molecular formula is C17H23NO4. The monoisotopic (exact) mass is 305 g/mol. The minimum Gasteiger partial charge on any atom is -0.481 e. The van der Waals surface area contributed by atoms with E-state index in [1.54, 1.807) is 0 Å². The van der Waals surface area contributed by atoms with E-state index in [2.05, 4.69) is 0 Å². The van der Waals surface area contributed by atoms with Crippen molar-refractivity contribution in [2.75, 3.05) is 6.54 Å². The minimum atomic E-state index is -1.02. The van der Waals surface area contributed by atoms with Gasteiger partial charge in [0.15, 0.2) is 0 Å². The molecule has 120 valence electrons. The highest BCUT2D eigenvalue weighted by Crippen LogP contribution is 2.43. The van der Waals surface area contributed by atoms with Crippen molar-refractivity contribution < 1.29 is 19.8 Å². The van der Waals surface area contributed by atoms with Crippen LogP contribution in [0.1, 0.15) is 39.2 Å². The number of carboxylic acids is 1. The molecule has 1 heterocycles. The molecule has 1 aromatic rings. The molecule has 1 aliphatic rings. The van der Waals surface area contributed by atoms with Gasteiger partial charge in [0, 0.05) is 12.6 Å². The molecule has 0 bridgehead atoms. The first-order valence-corrected chi connectivity index (χ1v) is 7.47. The molecule has 2 unspecified atom stereocenters. The lowest BCUT2D eigenvalue weighted by molar-refractivity contribution is -0.147. The Morgan fingerprint density at radius 2 is 1.77 bits per heavy atom. The number of nitrogens with zero attached hydrogens (tertiary/aromatic N) is 1. The van der Waals surface area contributed by atoms with Gasteiger partial charge in [-0.3, -0.25) is 4.79 Å². The molecule has 1 amide bonds. The molecule has 1 aromatic carbocycles. The standard InChI is InChI=1S/C17H23NO4/c1-16(2,3)13-11-17(14(19)20,9-10-18(13)15(21)22)12-7-5-4-6-8-12/h4-8,13H,9-11H2,1-3H3,(H,19,20)(H,21,22). The van der Waals surface area contributed by atoms with E-state index in [-0.39, 0.29) is 18.0 Å². The topological polar surface area (TPSA) is 77.8 Å². The van der Waals surface area contributed by atoms with E-state index in [1.165, 1.54) is 4.90 Å². The van der Waals surface area contributed by atoms with Crippen molar-refractivity contribution in [3.63, 3.8) is 0 Å². The van der Waals surface area contributed by atoms with Crippen molar-refractivity contribution in [3.8, 4) is 0 Å². The van der Waals surface area contributed by atoms with E-state index in [0.717, 1.165) is 5.56 Å². The fourth-order valence-corrected chi connectivity index (χ4v) is 3.35. The Bertz CT molecular complexity index is 564. The Morgan fingerprint density at radius 3 is 2.23 bits per heavy atom.